The third kappa shape index (κ3) is 4.93. The van der Waals surface area contributed by atoms with Gasteiger partial charge in [-0.15, -0.1) is 11.3 Å². The number of aromatic nitrogens is 1. The van der Waals surface area contributed by atoms with Crippen LogP contribution in [0.1, 0.15) is 5.56 Å². The molecule has 0 aliphatic rings. The molecule has 0 unspecified atom stereocenters. The molecule has 4 rings (SSSR count). The van der Waals surface area contributed by atoms with Gasteiger partial charge in [-0.05, 0) is 54.6 Å². The zero-order valence-electron chi connectivity index (χ0n) is 15.3. The van der Waals surface area contributed by atoms with E-state index in [1.54, 1.807) is 24.3 Å². The van der Waals surface area contributed by atoms with Crippen molar-refractivity contribution in [2.45, 2.75) is 14.1 Å². The number of anilines is 1. The molecule has 0 atom stereocenters. The Labute approximate surface area is 201 Å². The summed E-state index contributed by atoms with van der Waals surface area (Å²) in [6.07, 6.45) is 0. The SMILES string of the molecule is N#Cc1ccc2sc(Sc3ccc(NS(=O)(=O)c4ccc(Cl)cc4Cl)cc3Cl)nc2c1. The normalized spacial score (nSPS) is 11.4. The zero-order chi connectivity index (χ0) is 22.2. The number of thiazole rings is 1. The van der Waals surface area contributed by atoms with Crippen molar-refractivity contribution in [1.82, 2.24) is 4.98 Å². The minimum absolute atomic E-state index is 0.0219. The van der Waals surface area contributed by atoms with Crippen molar-refractivity contribution in [3.63, 3.8) is 0 Å². The van der Waals surface area contributed by atoms with Crippen molar-refractivity contribution in [1.29, 1.82) is 5.26 Å². The van der Waals surface area contributed by atoms with Gasteiger partial charge in [-0.25, -0.2) is 13.4 Å². The largest absolute Gasteiger partial charge is 0.280 e. The van der Waals surface area contributed by atoms with Gasteiger partial charge in [0.2, 0.25) is 0 Å². The van der Waals surface area contributed by atoms with E-state index in [1.165, 1.54) is 47.4 Å². The Balaban J connectivity index is 1.56. The van der Waals surface area contributed by atoms with Crippen LogP contribution in [0.5, 0.6) is 0 Å². The number of hydrogen-bond acceptors (Lipinski definition) is 6. The molecule has 0 aliphatic heterocycles. The van der Waals surface area contributed by atoms with Crippen LogP contribution in [0.15, 0.2) is 68.7 Å². The first kappa shape index (κ1) is 22.2. The first-order valence-electron chi connectivity index (χ1n) is 8.51. The predicted molar refractivity (Wildman–Crippen MR) is 127 cm³/mol. The number of sulfonamides is 1. The van der Waals surface area contributed by atoms with Crippen molar-refractivity contribution < 1.29 is 8.42 Å². The van der Waals surface area contributed by atoms with Gasteiger partial charge < -0.3 is 0 Å². The maximum Gasteiger partial charge on any atom is 0.263 e. The summed E-state index contributed by atoms with van der Waals surface area (Å²) in [5.41, 5.74) is 1.58. The Morgan fingerprint density at radius 3 is 2.52 bits per heavy atom. The van der Waals surface area contributed by atoms with Crippen LogP contribution < -0.4 is 4.72 Å². The third-order valence-electron chi connectivity index (χ3n) is 4.06. The molecule has 0 fully saturated rings. The van der Waals surface area contributed by atoms with E-state index in [9.17, 15) is 8.42 Å². The number of rotatable bonds is 5. The zero-order valence-corrected chi connectivity index (χ0v) is 20.0. The maximum absolute atomic E-state index is 12.7. The number of benzene rings is 3. The fourth-order valence-corrected chi connectivity index (χ4v) is 6.79. The van der Waals surface area contributed by atoms with Gasteiger partial charge in [-0.3, -0.25) is 4.72 Å². The van der Waals surface area contributed by atoms with Gasteiger partial charge in [0.1, 0.15) is 4.90 Å². The summed E-state index contributed by atoms with van der Waals surface area (Å²) in [5.74, 6) is 0. The quantitative estimate of drug-likeness (QED) is 0.300. The number of nitrogens with one attached hydrogen (secondary N) is 1. The number of halogens is 3. The maximum atomic E-state index is 12.7. The second kappa shape index (κ2) is 8.87. The van der Waals surface area contributed by atoms with E-state index in [0.717, 1.165) is 14.6 Å². The summed E-state index contributed by atoms with van der Waals surface area (Å²) in [6, 6.07) is 16.4. The molecule has 0 amide bonds. The van der Waals surface area contributed by atoms with Crippen molar-refractivity contribution >= 4 is 83.8 Å². The minimum Gasteiger partial charge on any atom is -0.280 e. The number of nitriles is 1. The molecule has 5 nitrogen and oxygen atoms in total. The highest BCUT2D eigenvalue weighted by molar-refractivity contribution is 8.01. The Morgan fingerprint density at radius 2 is 1.81 bits per heavy atom. The minimum atomic E-state index is -3.92. The Morgan fingerprint density at radius 1 is 1.00 bits per heavy atom. The molecule has 0 bridgehead atoms. The van der Waals surface area contributed by atoms with E-state index < -0.39 is 10.0 Å². The lowest BCUT2D eigenvalue weighted by Gasteiger charge is -2.11. The van der Waals surface area contributed by atoms with Gasteiger partial charge in [0.05, 0.1) is 37.6 Å². The molecule has 1 aromatic heterocycles. The Kier molecular flexibility index (Phi) is 6.35. The van der Waals surface area contributed by atoms with E-state index in [4.69, 9.17) is 40.1 Å². The third-order valence-corrected chi connectivity index (χ3v) is 8.76. The fraction of sp³-hybridized carbons (Fsp3) is 0. The molecule has 4 aromatic rings. The summed E-state index contributed by atoms with van der Waals surface area (Å²) in [5, 5.41) is 9.75. The van der Waals surface area contributed by atoms with Crippen molar-refractivity contribution in [3.8, 4) is 6.07 Å². The lowest BCUT2D eigenvalue weighted by molar-refractivity contribution is 0.601. The highest BCUT2D eigenvalue weighted by atomic mass is 35.5. The van der Waals surface area contributed by atoms with Crippen LogP contribution in [0.3, 0.4) is 0 Å². The highest BCUT2D eigenvalue weighted by Crippen LogP contribution is 2.39. The molecule has 0 radical (unpaired) electrons. The average molecular weight is 527 g/mol. The smallest absolute Gasteiger partial charge is 0.263 e. The summed E-state index contributed by atoms with van der Waals surface area (Å²) < 4.78 is 29.5. The van der Waals surface area contributed by atoms with Gasteiger partial charge in [0, 0.05) is 9.92 Å². The van der Waals surface area contributed by atoms with Crippen LogP contribution in [0, 0.1) is 11.3 Å². The molecule has 156 valence electrons. The molecule has 0 aliphatic carbocycles. The van der Waals surface area contributed by atoms with Gasteiger partial charge in [0.25, 0.3) is 10.0 Å². The van der Waals surface area contributed by atoms with Crippen LogP contribution in [-0.4, -0.2) is 13.4 Å². The summed E-state index contributed by atoms with van der Waals surface area (Å²) in [4.78, 5) is 5.16. The second-order valence-corrected chi connectivity index (χ2v) is 11.4. The van der Waals surface area contributed by atoms with Gasteiger partial charge in [-0.1, -0.05) is 46.6 Å². The topological polar surface area (TPSA) is 82.9 Å². The molecule has 31 heavy (non-hydrogen) atoms. The molecule has 1 N–H and O–H groups in total. The molecule has 0 saturated carbocycles. The molecule has 0 spiro atoms. The molecular formula is C20H10Cl3N3O2S3. The van der Waals surface area contributed by atoms with E-state index >= 15 is 0 Å². The predicted octanol–water partition coefficient (Wildman–Crippen LogP) is 7.08. The lowest BCUT2D eigenvalue weighted by atomic mass is 10.2. The average Bonchev–Trinajstić information content (AvgIpc) is 3.11. The van der Waals surface area contributed by atoms with Crippen molar-refractivity contribution in [2.75, 3.05) is 4.72 Å². The van der Waals surface area contributed by atoms with E-state index in [-0.39, 0.29) is 9.92 Å². The number of fused-ring (bicyclic) bond motifs is 1. The second-order valence-electron chi connectivity index (χ2n) is 6.20. The first-order valence-corrected chi connectivity index (χ1v) is 12.8. The van der Waals surface area contributed by atoms with Crippen LogP contribution >= 0.6 is 57.9 Å². The fourth-order valence-electron chi connectivity index (χ4n) is 2.66. The lowest BCUT2D eigenvalue weighted by Crippen LogP contribution is -2.13. The summed E-state index contributed by atoms with van der Waals surface area (Å²) >= 11 is 21.1. The summed E-state index contributed by atoms with van der Waals surface area (Å²) in [6.45, 7) is 0. The number of hydrogen-bond donors (Lipinski definition) is 1. The molecule has 3 aromatic carbocycles. The molecule has 0 saturated heterocycles. The highest BCUT2D eigenvalue weighted by Gasteiger charge is 2.19. The molecule has 11 heteroatoms. The van der Waals surface area contributed by atoms with Crippen LogP contribution in [0.25, 0.3) is 10.2 Å². The first-order chi connectivity index (χ1) is 14.7. The Hall–Kier alpha value is -1.99. The van der Waals surface area contributed by atoms with Gasteiger partial charge in [-0.2, -0.15) is 5.26 Å². The van der Waals surface area contributed by atoms with Crippen LogP contribution in [0.2, 0.25) is 15.1 Å². The van der Waals surface area contributed by atoms with E-state index in [0.29, 0.717) is 26.2 Å². The number of nitrogens with zero attached hydrogens (tertiary/aromatic N) is 2. The molecule has 1 heterocycles. The van der Waals surface area contributed by atoms with Crippen LogP contribution in [-0.2, 0) is 10.0 Å². The van der Waals surface area contributed by atoms with Gasteiger partial charge in [0.15, 0.2) is 4.34 Å². The van der Waals surface area contributed by atoms with Gasteiger partial charge >= 0.3 is 0 Å². The van der Waals surface area contributed by atoms with Crippen molar-refractivity contribution in [2.24, 2.45) is 0 Å². The Bertz CT molecular complexity index is 1460. The van der Waals surface area contributed by atoms with E-state index in [2.05, 4.69) is 15.8 Å². The molecular weight excluding hydrogens is 517 g/mol. The standard InChI is InChI=1S/C20H10Cl3N3O2S3/c21-12-2-6-19(15(23)8-12)31(27,28)26-13-3-5-17(14(22)9-13)29-20-25-16-7-11(10-24)1-4-18(16)30-20/h1-9,26H. The van der Waals surface area contributed by atoms with Crippen molar-refractivity contribution in [3.05, 3.63) is 75.2 Å². The van der Waals surface area contributed by atoms with Crippen LogP contribution in [0.4, 0.5) is 5.69 Å². The monoisotopic (exact) mass is 525 g/mol. The summed E-state index contributed by atoms with van der Waals surface area (Å²) in [7, 11) is -3.92. The van der Waals surface area contributed by atoms with E-state index in [1.807, 2.05) is 6.07 Å².